The zero-order valence-electron chi connectivity index (χ0n) is 7.40. The Bertz CT molecular complexity index is 250. The molecule has 1 amide bonds. The van der Waals surface area contributed by atoms with Gasteiger partial charge in [-0.25, -0.2) is 4.79 Å². The summed E-state index contributed by atoms with van der Waals surface area (Å²) in [5, 5.41) is 0. The van der Waals surface area contributed by atoms with Crippen molar-refractivity contribution in [3.8, 4) is 0 Å². The lowest BCUT2D eigenvalue weighted by Crippen LogP contribution is -2.51. The van der Waals surface area contributed by atoms with Crippen LogP contribution in [0.5, 0.6) is 0 Å². The van der Waals surface area contributed by atoms with Crippen LogP contribution < -0.4 is 5.73 Å². The molecule has 13 heavy (non-hydrogen) atoms. The lowest BCUT2D eigenvalue weighted by atomic mass is 10.0. The summed E-state index contributed by atoms with van der Waals surface area (Å²) in [7, 11) is 1.30. The van der Waals surface area contributed by atoms with Crippen molar-refractivity contribution < 1.29 is 14.3 Å². The molecule has 1 atom stereocenters. The van der Waals surface area contributed by atoms with Crippen LogP contribution in [-0.4, -0.2) is 36.5 Å². The van der Waals surface area contributed by atoms with E-state index in [4.69, 9.17) is 5.73 Å². The van der Waals surface area contributed by atoms with E-state index in [0.717, 1.165) is 13.0 Å². The molecule has 5 nitrogen and oxygen atoms in total. The molecule has 1 rings (SSSR count). The molecule has 0 aromatic rings. The van der Waals surface area contributed by atoms with Gasteiger partial charge in [-0.05, 0) is 6.42 Å². The van der Waals surface area contributed by atoms with Gasteiger partial charge in [-0.3, -0.25) is 4.79 Å². The van der Waals surface area contributed by atoms with E-state index in [0.29, 0.717) is 0 Å². The minimum absolute atomic E-state index is 0.263. The average molecular weight is 184 g/mol. The normalized spacial score (nSPS) is 21.3. The molecule has 0 radical (unpaired) electrons. The first-order valence-corrected chi connectivity index (χ1v) is 3.96. The monoisotopic (exact) mass is 184 g/mol. The Morgan fingerprint density at radius 3 is 2.69 bits per heavy atom. The number of nitrogens with two attached hydrogens (primary N) is 1. The molecule has 1 saturated heterocycles. The summed E-state index contributed by atoms with van der Waals surface area (Å²) in [6, 6.07) is -0.263. The van der Waals surface area contributed by atoms with Crippen molar-refractivity contribution in [2.24, 2.45) is 5.73 Å². The van der Waals surface area contributed by atoms with Crippen LogP contribution >= 0.6 is 0 Å². The summed E-state index contributed by atoms with van der Waals surface area (Å²) in [5.41, 5.74) is 5.10. The van der Waals surface area contributed by atoms with Crippen molar-refractivity contribution in [2.75, 3.05) is 13.7 Å². The summed E-state index contributed by atoms with van der Waals surface area (Å²) in [5.74, 6) is -0.795. The van der Waals surface area contributed by atoms with Gasteiger partial charge in [-0.2, -0.15) is 0 Å². The van der Waals surface area contributed by atoms with Gasteiger partial charge in [0.2, 0.25) is 5.91 Å². The molecule has 0 bridgehead atoms. The SMILES string of the molecule is COC(=O)/C=C/N1CCC1C(N)=O. The first kappa shape index (κ1) is 9.57. The number of hydrogen-bond donors (Lipinski definition) is 1. The molecule has 0 aromatic carbocycles. The predicted octanol–water partition coefficient (Wildman–Crippen LogP) is -0.767. The molecule has 0 spiro atoms. The van der Waals surface area contributed by atoms with Gasteiger partial charge >= 0.3 is 5.97 Å². The highest BCUT2D eigenvalue weighted by atomic mass is 16.5. The van der Waals surface area contributed by atoms with E-state index < -0.39 is 5.97 Å². The van der Waals surface area contributed by atoms with Crippen LogP contribution in [0.2, 0.25) is 0 Å². The van der Waals surface area contributed by atoms with Gasteiger partial charge in [0.25, 0.3) is 0 Å². The highest BCUT2D eigenvalue weighted by Gasteiger charge is 2.29. The van der Waals surface area contributed by atoms with E-state index in [-0.39, 0.29) is 11.9 Å². The first-order valence-electron chi connectivity index (χ1n) is 3.96. The third-order valence-corrected chi connectivity index (χ3v) is 1.99. The van der Waals surface area contributed by atoms with Crippen molar-refractivity contribution in [2.45, 2.75) is 12.5 Å². The smallest absolute Gasteiger partial charge is 0.331 e. The highest BCUT2D eigenvalue weighted by Crippen LogP contribution is 2.16. The number of primary amides is 1. The Balaban J connectivity index is 2.42. The Morgan fingerprint density at radius 2 is 2.31 bits per heavy atom. The van der Waals surface area contributed by atoms with E-state index in [9.17, 15) is 9.59 Å². The Morgan fingerprint density at radius 1 is 1.62 bits per heavy atom. The zero-order valence-corrected chi connectivity index (χ0v) is 7.40. The van der Waals surface area contributed by atoms with Gasteiger partial charge in [-0.1, -0.05) is 0 Å². The topological polar surface area (TPSA) is 72.6 Å². The van der Waals surface area contributed by atoms with Gasteiger partial charge in [0, 0.05) is 18.8 Å². The largest absolute Gasteiger partial charge is 0.466 e. The molecular weight excluding hydrogens is 172 g/mol. The lowest BCUT2D eigenvalue weighted by Gasteiger charge is -2.37. The van der Waals surface area contributed by atoms with Crippen LogP contribution in [0.15, 0.2) is 12.3 Å². The van der Waals surface area contributed by atoms with Crippen LogP contribution in [0, 0.1) is 0 Å². The van der Waals surface area contributed by atoms with Crippen molar-refractivity contribution in [3.63, 3.8) is 0 Å². The number of carbonyl (C=O) groups is 2. The van der Waals surface area contributed by atoms with Crippen LogP contribution in [0.25, 0.3) is 0 Å². The molecule has 0 aliphatic carbocycles. The molecule has 2 N–H and O–H groups in total. The second kappa shape index (κ2) is 3.93. The number of esters is 1. The molecule has 1 unspecified atom stereocenters. The molecule has 1 aliphatic heterocycles. The number of hydrogen-bond acceptors (Lipinski definition) is 4. The lowest BCUT2D eigenvalue weighted by molar-refractivity contribution is -0.135. The maximum Gasteiger partial charge on any atom is 0.331 e. The second-order valence-electron chi connectivity index (χ2n) is 2.78. The average Bonchev–Trinajstić information content (AvgIpc) is 2.01. The molecule has 1 aliphatic rings. The van der Waals surface area contributed by atoms with Crippen molar-refractivity contribution in [1.82, 2.24) is 4.90 Å². The number of likely N-dealkylation sites (tertiary alicyclic amines) is 1. The maximum atomic E-state index is 10.7. The molecular formula is C8H12N2O3. The molecule has 0 saturated carbocycles. The Hall–Kier alpha value is -1.52. The summed E-state index contributed by atoms with van der Waals surface area (Å²) < 4.78 is 4.40. The van der Waals surface area contributed by atoms with Gasteiger partial charge in [0.1, 0.15) is 6.04 Å². The molecule has 1 heterocycles. The molecule has 0 aromatic heterocycles. The summed E-state index contributed by atoms with van der Waals surface area (Å²) in [6.45, 7) is 0.751. The van der Waals surface area contributed by atoms with E-state index in [1.807, 2.05) is 0 Å². The fourth-order valence-electron chi connectivity index (χ4n) is 1.12. The minimum Gasteiger partial charge on any atom is -0.466 e. The van der Waals surface area contributed by atoms with Gasteiger partial charge in [0.05, 0.1) is 7.11 Å². The fraction of sp³-hybridized carbons (Fsp3) is 0.500. The molecule has 5 heteroatoms. The zero-order chi connectivity index (χ0) is 9.84. The fourth-order valence-corrected chi connectivity index (χ4v) is 1.12. The third kappa shape index (κ3) is 2.21. The summed E-state index contributed by atoms with van der Waals surface area (Å²) in [6.07, 6.45) is 3.56. The van der Waals surface area contributed by atoms with Crippen LogP contribution in [0.3, 0.4) is 0 Å². The maximum absolute atomic E-state index is 10.7. The van der Waals surface area contributed by atoms with Crippen molar-refractivity contribution in [1.29, 1.82) is 0 Å². The van der Waals surface area contributed by atoms with E-state index in [1.165, 1.54) is 19.4 Å². The second-order valence-corrected chi connectivity index (χ2v) is 2.78. The van der Waals surface area contributed by atoms with Crippen molar-refractivity contribution >= 4 is 11.9 Å². The van der Waals surface area contributed by atoms with Gasteiger partial charge in [0.15, 0.2) is 0 Å². The number of rotatable bonds is 3. The number of ether oxygens (including phenoxy) is 1. The first-order chi connectivity index (χ1) is 6.15. The Kier molecular flexibility index (Phi) is 2.89. The van der Waals surface area contributed by atoms with Gasteiger partial charge in [-0.15, -0.1) is 0 Å². The van der Waals surface area contributed by atoms with E-state index in [1.54, 1.807) is 4.90 Å². The quantitative estimate of drug-likeness (QED) is 0.462. The van der Waals surface area contributed by atoms with Gasteiger partial charge < -0.3 is 15.4 Å². The number of carbonyl (C=O) groups excluding carboxylic acids is 2. The number of methoxy groups -OCH3 is 1. The third-order valence-electron chi connectivity index (χ3n) is 1.99. The van der Waals surface area contributed by atoms with Crippen LogP contribution in [-0.2, 0) is 14.3 Å². The number of amides is 1. The van der Waals surface area contributed by atoms with Crippen molar-refractivity contribution in [3.05, 3.63) is 12.3 Å². The van der Waals surface area contributed by atoms with E-state index in [2.05, 4.69) is 4.74 Å². The molecule has 72 valence electrons. The predicted molar refractivity (Wildman–Crippen MR) is 45.5 cm³/mol. The van der Waals surface area contributed by atoms with E-state index >= 15 is 0 Å². The summed E-state index contributed by atoms with van der Waals surface area (Å²) >= 11 is 0. The minimum atomic E-state index is -0.435. The van der Waals surface area contributed by atoms with Crippen LogP contribution in [0.4, 0.5) is 0 Å². The standard InChI is InChI=1S/C8H12N2O3/c1-13-7(11)3-5-10-4-2-6(10)8(9)12/h3,5-6H,2,4H2,1H3,(H2,9,12)/b5-3+. The molecule has 1 fully saturated rings. The number of nitrogens with zero attached hydrogens (tertiary/aromatic N) is 1. The summed E-state index contributed by atoms with van der Waals surface area (Å²) in [4.78, 5) is 23.1. The Labute approximate surface area is 76.1 Å². The highest BCUT2D eigenvalue weighted by molar-refractivity contribution is 5.83. The van der Waals surface area contributed by atoms with Crippen LogP contribution in [0.1, 0.15) is 6.42 Å².